The average molecular weight is 591 g/mol. The van der Waals surface area contributed by atoms with E-state index in [1.165, 1.54) is 27.8 Å². The Balaban J connectivity index is 1.89. The molecule has 1 aliphatic heterocycles. The van der Waals surface area contributed by atoms with Crippen LogP contribution in [-0.2, 0) is 23.0 Å². The van der Waals surface area contributed by atoms with Gasteiger partial charge in [0.1, 0.15) is 5.00 Å². The van der Waals surface area contributed by atoms with Gasteiger partial charge < -0.3 is 15.1 Å². The summed E-state index contributed by atoms with van der Waals surface area (Å²) < 4.78 is 28.3. The van der Waals surface area contributed by atoms with E-state index in [1.807, 2.05) is 32.6 Å². The molecule has 2 amide bonds. The second-order valence-electron chi connectivity index (χ2n) is 11.6. The normalized spacial score (nSPS) is 14.2. The van der Waals surface area contributed by atoms with Crippen LogP contribution in [-0.4, -0.2) is 74.1 Å². The Hall–Kier alpha value is -2.27. The van der Waals surface area contributed by atoms with Crippen LogP contribution in [0.2, 0.25) is 0 Å². The van der Waals surface area contributed by atoms with E-state index in [0.29, 0.717) is 42.3 Å². The predicted molar refractivity (Wildman–Crippen MR) is 164 cm³/mol. The second-order valence-corrected chi connectivity index (χ2v) is 14.6. The van der Waals surface area contributed by atoms with Crippen LogP contribution in [0.4, 0.5) is 5.00 Å². The van der Waals surface area contributed by atoms with Crippen molar-refractivity contribution in [2.75, 3.05) is 45.1 Å². The molecule has 8 nitrogen and oxygen atoms in total. The van der Waals surface area contributed by atoms with Gasteiger partial charge in [-0.2, -0.15) is 4.31 Å². The summed E-state index contributed by atoms with van der Waals surface area (Å²) in [6, 6.07) is 6.11. The van der Waals surface area contributed by atoms with Crippen molar-refractivity contribution in [3.63, 3.8) is 0 Å². The zero-order valence-corrected chi connectivity index (χ0v) is 26.8. The molecule has 0 bridgehead atoms. The number of hydrogen-bond donors (Lipinski definition) is 1. The molecule has 10 heteroatoms. The van der Waals surface area contributed by atoms with Crippen molar-refractivity contribution in [3.8, 4) is 0 Å². The maximum absolute atomic E-state index is 13.7. The van der Waals surface area contributed by atoms with E-state index in [9.17, 15) is 18.0 Å². The number of rotatable bonds is 13. The summed E-state index contributed by atoms with van der Waals surface area (Å²) in [5.74, 6) is -0.00322. The van der Waals surface area contributed by atoms with Crippen molar-refractivity contribution < 1.29 is 18.0 Å². The summed E-state index contributed by atoms with van der Waals surface area (Å²) >= 11 is 1.47. The Morgan fingerprint density at radius 3 is 2.10 bits per heavy atom. The minimum absolute atomic E-state index is 0.0297. The number of nitrogens with one attached hydrogen (secondary N) is 1. The second kappa shape index (κ2) is 14.1. The Kier molecular flexibility index (Phi) is 11.3. The molecule has 0 atom stereocenters. The van der Waals surface area contributed by atoms with Crippen LogP contribution in [0.3, 0.4) is 0 Å². The zero-order chi connectivity index (χ0) is 29.6. The quantitative estimate of drug-likeness (QED) is 0.330. The number of hydrogen-bond acceptors (Lipinski definition) is 6. The monoisotopic (exact) mass is 590 g/mol. The van der Waals surface area contributed by atoms with Crippen molar-refractivity contribution in [1.82, 2.24) is 14.1 Å². The summed E-state index contributed by atoms with van der Waals surface area (Å²) in [5.41, 5.74) is 2.00. The van der Waals surface area contributed by atoms with Crippen LogP contribution in [0, 0.1) is 11.8 Å². The third-order valence-corrected chi connectivity index (χ3v) is 9.83. The minimum atomic E-state index is -3.69. The molecule has 1 aromatic heterocycles. The minimum Gasteiger partial charge on any atom is -0.339 e. The van der Waals surface area contributed by atoms with Gasteiger partial charge >= 0.3 is 0 Å². The smallest absolute Gasteiger partial charge is 0.257 e. The largest absolute Gasteiger partial charge is 0.339 e. The molecule has 0 aliphatic carbocycles. The van der Waals surface area contributed by atoms with Gasteiger partial charge in [0, 0.05) is 49.7 Å². The van der Waals surface area contributed by atoms with Gasteiger partial charge in [-0.25, -0.2) is 8.42 Å². The van der Waals surface area contributed by atoms with Crippen LogP contribution in [0.25, 0.3) is 0 Å². The van der Waals surface area contributed by atoms with Crippen LogP contribution in [0.1, 0.15) is 85.5 Å². The van der Waals surface area contributed by atoms with Crippen molar-refractivity contribution >= 4 is 38.2 Å². The molecule has 40 heavy (non-hydrogen) atoms. The number of anilines is 1. The van der Waals surface area contributed by atoms with E-state index < -0.39 is 10.0 Å². The Morgan fingerprint density at radius 1 is 1.00 bits per heavy atom. The molecule has 0 saturated heterocycles. The molecule has 0 radical (unpaired) electrons. The van der Waals surface area contributed by atoms with Crippen LogP contribution in [0.15, 0.2) is 29.2 Å². The molecule has 0 saturated carbocycles. The maximum Gasteiger partial charge on any atom is 0.257 e. The summed E-state index contributed by atoms with van der Waals surface area (Å²) in [4.78, 5) is 32.5. The predicted octanol–water partition coefficient (Wildman–Crippen LogP) is 5.55. The number of thiophene rings is 1. The SMILES string of the molecule is CCCN(CCC)C(=O)c1c(NC(=O)c2ccc(S(=O)(=O)N(CC(C)C)CC(C)C)cc2)sc2c1CCN(C)C2. The molecule has 1 aromatic carbocycles. The Labute approximate surface area is 244 Å². The molecule has 2 heterocycles. The summed E-state index contributed by atoms with van der Waals surface area (Å²) in [5, 5.41) is 3.58. The number of benzene rings is 1. The van der Waals surface area contributed by atoms with Crippen LogP contribution in [0.5, 0.6) is 0 Å². The van der Waals surface area contributed by atoms with E-state index in [4.69, 9.17) is 0 Å². The van der Waals surface area contributed by atoms with E-state index in [-0.39, 0.29) is 28.5 Å². The summed E-state index contributed by atoms with van der Waals surface area (Å²) in [6.07, 6.45) is 2.49. The Morgan fingerprint density at radius 2 is 1.57 bits per heavy atom. The van der Waals surface area contributed by atoms with Crippen LogP contribution >= 0.6 is 11.3 Å². The lowest BCUT2D eigenvalue weighted by Crippen LogP contribution is -2.37. The topological polar surface area (TPSA) is 90.0 Å². The average Bonchev–Trinajstić information content (AvgIpc) is 3.23. The van der Waals surface area contributed by atoms with Gasteiger partial charge in [0.05, 0.1) is 10.5 Å². The number of fused-ring (bicyclic) bond motifs is 1. The molecule has 222 valence electrons. The lowest BCUT2D eigenvalue weighted by molar-refractivity contribution is 0.0755. The van der Waals surface area contributed by atoms with Gasteiger partial charge in [0.2, 0.25) is 10.0 Å². The van der Waals surface area contributed by atoms with E-state index in [0.717, 1.165) is 42.8 Å². The molecule has 0 spiro atoms. The van der Waals surface area contributed by atoms with Gasteiger partial charge in [0.25, 0.3) is 11.8 Å². The highest BCUT2D eigenvalue weighted by atomic mass is 32.2. The standard InChI is InChI=1S/C30H46N4O4S2/c1-8-15-33(16-9-2)30(36)27-25-14-17-32(7)20-26(25)39-29(27)31-28(35)23-10-12-24(13-11-23)40(37,38)34(18-21(3)4)19-22(5)6/h10-13,21-22H,8-9,14-20H2,1-7H3,(H,31,35). The first kappa shape index (κ1) is 32.2. The van der Waals surface area contributed by atoms with Crippen LogP contribution < -0.4 is 5.32 Å². The fraction of sp³-hybridized carbons (Fsp3) is 0.600. The number of carbonyl (C=O) groups is 2. The van der Waals surface area contributed by atoms with Gasteiger partial charge in [0.15, 0.2) is 0 Å². The molecular formula is C30H46N4O4S2. The van der Waals surface area contributed by atoms with Crippen molar-refractivity contribution in [2.45, 2.75) is 72.2 Å². The van der Waals surface area contributed by atoms with Gasteiger partial charge in [-0.05, 0) is 68.0 Å². The lowest BCUT2D eigenvalue weighted by atomic mass is 10.0. The molecule has 1 N–H and O–H groups in total. The first-order chi connectivity index (χ1) is 18.9. The number of nitrogens with zero attached hydrogens (tertiary/aromatic N) is 3. The zero-order valence-electron chi connectivity index (χ0n) is 25.1. The van der Waals surface area contributed by atoms with Crippen molar-refractivity contribution in [3.05, 3.63) is 45.8 Å². The lowest BCUT2D eigenvalue weighted by Gasteiger charge is -2.25. The third-order valence-electron chi connectivity index (χ3n) is 6.85. The molecule has 0 unspecified atom stereocenters. The van der Waals surface area contributed by atoms with Gasteiger partial charge in [-0.3, -0.25) is 9.59 Å². The molecule has 2 aromatic rings. The molecular weight excluding hydrogens is 544 g/mol. The number of likely N-dealkylation sites (N-methyl/N-ethyl adjacent to an activating group) is 1. The number of sulfonamides is 1. The highest BCUT2D eigenvalue weighted by Gasteiger charge is 2.31. The summed E-state index contributed by atoms with van der Waals surface area (Å²) in [7, 11) is -1.63. The first-order valence-electron chi connectivity index (χ1n) is 14.4. The van der Waals surface area contributed by atoms with Crippen molar-refractivity contribution in [1.29, 1.82) is 0 Å². The highest BCUT2D eigenvalue weighted by molar-refractivity contribution is 7.89. The molecule has 0 fully saturated rings. The number of amides is 2. The van der Waals surface area contributed by atoms with Gasteiger partial charge in [-0.1, -0.05) is 41.5 Å². The summed E-state index contributed by atoms with van der Waals surface area (Å²) in [6.45, 7) is 15.9. The van der Waals surface area contributed by atoms with Gasteiger partial charge in [-0.15, -0.1) is 11.3 Å². The third kappa shape index (κ3) is 7.72. The van der Waals surface area contributed by atoms with Crippen molar-refractivity contribution in [2.24, 2.45) is 11.8 Å². The fourth-order valence-corrected chi connectivity index (χ4v) is 8.13. The maximum atomic E-state index is 13.7. The number of carbonyl (C=O) groups excluding carboxylic acids is 2. The van der Waals surface area contributed by atoms with E-state index in [1.54, 1.807) is 12.1 Å². The Bertz CT molecular complexity index is 1250. The fourth-order valence-electron chi connectivity index (χ4n) is 5.05. The molecule has 3 rings (SSSR count). The highest BCUT2D eigenvalue weighted by Crippen LogP contribution is 2.38. The first-order valence-corrected chi connectivity index (χ1v) is 16.7. The molecule has 1 aliphatic rings. The van der Waals surface area contributed by atoms with E-state index >= 15 is 0 Å². The van der Waals surface area contributed by atoms with E-state index in [2.05, 4.69) is 31.1 Å².